The fraction of sp³-hybridized carbons (Fsp3) is 0.333. The number of amides is 2. The largest absolute Gasteiger partial charge is 0.353 e. The molecule has 0 bridgehead atoms. The Morgan fingerprint density at radius 1 is 1.07 bits per heavy atom. The first-order valence-corrected chi connectivity index (χ1v) is 9.96. The van der Waals surface area contributed by atoms with Gasteiger partial charge in [-0.25, -0.2) is 4.39 Å². The van der Waals surface area contributed by atoms with Gasteiger partial charge in [0.25, 0.3) is 5.91 Å². The van der Waals surface area contributed by atoms with Crippen LogP contribution in [0.15, 0.2) is 42.5 Å². The molecule has 7 heteroatoms. The van der Waals surface area contributed by atoms with E-state index in [9.17, 15) is 14.0 Å². The lowest BCUT2D eigenvalue weighted by molar-refractivity contribution is -0.122. The highest BCUT2D eigenvalue weighted by atomic mass is 35.5. The summed E-state index contributed by atoms with van der Waals surface area (Å²) in [5.41, 5.74) is 0.969. The predicted octanol–water partition coefficient (Wildman–Crippen LogP) is 4.49. The van der Waals surface area contributed by atoms with Crippen LogP contribution >= 0.6 is 23.2 Å². The molecule has 1 heterocycles. The van der Waals surface area contributed by atoms with Crippen molar-refractivity contribution >= 4 is 35.0 Å². The summed E-state index contributed by atoms with van der Waals surface area (Å²) in [6.45, 7) is 0.900. The molecule has 0 unspecified atom stereocenters. The summed E-state index contributed by atoms with van der Waals surface area (Å²) < 4.78 is 14.0. The minimum absolute atomic E-state index is 0.0119. The third kappa shape index (κ3) is 5.24. The highest BCUT2D eigenvalue weighted by Crippen LogP contribution is 2.23. The van der Waals surface area contributed by atoms with Crippen molar-refractivity contribution in [2.45, 2.75) is 31.7 Å². The van der Waals surface area contributed by atoms with Crippen molar-refractivity contribution in [2.75, 3.05) is 13.1 Å². The minimum Gasteiger partial charge on any atom is -0.353 e. The van der Waals surface area contributed by atoms with Crippen LogP contribution in [0, 0.1) is 5.82 Å². The summed E-state index contributed by atoms with van der Waals surface area (Å²) >= 11 is 11.8. The van der Waals surface area contributed by atoms with Crippen molar-refractivity contribution in [3.63, 3.8) is 0 Å². The zero-order valence-corrected chi connectivity index (χ0v) is 16.8. The second-order valence-electron chi connectivity index (χ2n) is 6.86. The summed E-state index contributed by atoms with van der Waals surface area (Å²) in [5, 5.41) is 3.81. The molecule has 0 radical (unpaired) electrons. The van der Waals surface area contributed by atoms with Crippen molar-refractivity contribution in [1.29, 1.82) is 0 Å². The van der Waals surface area contributed by atoms with Crippen molar-refractivity contribution in [1.82, 2.24) is 10.2 Å². The van der Waals surface area contributed by atoms with Crippen molar-refractivity contribution in [3.05, 3.63) is 69.5 Å². The van der Waals surface area contributed by atoms with Gasteiger partial charge >= 0.3 is 0 Å². The molecule has 28 heavy (non-hydrogen) atoms. The van der Waals surface area contributed by atoms with E-state index in [0.29, 0.717) is 43.8 Å². The van der Waals surface area contributed by atoms with Crippen molar-refractivity contribution < 1.29 is 14.0 Å². The number of carbonyl (C=O) groups excluding carboxylic acids is 2. The van der Waals surface area contributed by atoms with Crippen LogP contribution in [-0.4, -0.2) is 35.8 Å². The van der Waals surface area contributed by atoms with Gasteiger partial charge in [0.05, 0.1) is 10.6 Å². The first-order valence-electron chi connectivity index (χ1n) is 9.21. The van der Waals surface area contributed by atoms with Gasteiger partial charge in [-0.3, -0.25) is 9.59 Å². The van der Waals surface area contributed by atoms with Crippen LogP contribution in [-0.2, 0) is 11.2 Å². The maximum atomic E-state index is 14.0. The number of hydrogen-bond donors (Lipinski definition) is 1. The van der Waals surface area contributed by atoms with Crippen LogP contribution in [0.2, 0.25) is 10.0 Å². The van der Waals surface area contributed by atoms with Crippen LogP contribution in [0.5, 0.6) is 0 Å². The van der Waals surface area contributed by atoms with Crippen LogP contribution < -0.4 is 5.32 Å². The molecule has 148 valence electrons. The Hall–Kier alpha value is -2.11. The normalized spacial score (nSPS) is 14.8. The fourth-order valence-corrected chi connectivity index (χ4v) is 3.67. The van der Waals surface area contributed by atoms with Gasteiger partial charge in [0, 0.05) is 30.6 Å². The SMILES string of the molecule is O=C(CCc1ccc(Cl)cc1)NC1CCN(C(=O)c2c(F)cccc2Cl)CC1. The van der Waals surface area contributed by atoms with Gasteiger partial charge in [-0.15, -0.1) is 0 Å². The van der Waals surface area contributed by atoms with Crippen LogP contribution in [0.3, 0.4) is 0 Å². The quantitative estimate of drug-likeness (QED) is 0.771. The molecular formula is C21H21Cl2FN2O2. The third-order valence-corrected chi connectivity index (χ3v) is 5.44. The van der Waals surface area contributed by atoms with Crippen molar-refractivity contribution in [3.8, 4) is 0 Å². The molecule has 2 amide bonds. The Morgan fingerprint density at radius 3 is 2.39 bits per heavy atom. The minimum atomic E-state index is -0.616. The molecule has 0 atom stereocenters. The number of carbonyl (C=O) groups is 2. The third-order valence-electron chi connectivity index (χ3n) is 4.88. The lowest BCUT2D eigenvalue weighted by Gasteiger charge is -2.32. The van der Waals surface area contributed by atoms with E-state index in [1.807, 2.05) is 24.3 Å². The van der Waals surface area contributed by atoms with E-state index in [2.05, 4.69) is 5.32 Å². The van der Waals surface area contributed by atoms with Gasteiger partial charge in [-0.05, 0) is 49.1 Å². The van der Waals surface area contributed by atoms with E-state index in [0.717, 1.165) is 5.56 Å². The molecule has 1 aliphatic heterocycles. The van der Waals surface area contributed by atoms with E-state index >= 15 is 0 Å². The molecule has 0 aromatic heterocycles. The average molecular weight is 423 g/mol. The number of nitrogens with one attached hydrogen (secondary N) is 1. The van der Waals surface area contributed by atoms with Crippen molar-refractivity contribution in [2.24, 2.45) is 0 Å². The number of hydrogen-bond acceptors (Lipinski definition) is 2. The molecular weight excluding hydrogens is 402 g/mol. The smallest absolute Gasteiger partial charge is 0.258 e. The topological polar surface area (TPSA) is 49.4 Å². The maximum absolute atomic E-state index is 14.0. The van der Waals surface area contributed by atoms with E-state index < -0.39 is 11.7 Å². The van der Waals surface area contributed by atoms with Gasteiger partial charge in [0.15, 0.2) is 0 Å². The van der Waals surface area contributed by atoms with Gasteiger partial charge in [-0.2, -0.15) is 0 Å². The second-order valence-corrected chi connectivity index (χ2v) is 7.70. The first-order chi connectivity index (χ1) is 13.4. The molecule has 2 aromatic carbocycles. The monoisotopic (exact) mass is 422 g/mol. The number of rotatable bonds is 5. The molecule has 0 spiro atoms. The molecule has 3 rings (SSSR count). The highest BCUT2D eigenvalue weighted by Gasteiger charge is 2.27. The summed E-state index contributed by atoms with van der Waals surface area (Å²) in [4.78, 5) is 26.3. The number of benzene rings is 2. The number of halogens is 3. The zero-order valence-electron chi connectivity index (χ0n) is 15.3. The summed E-state index contributed by atoms with van der Waals surface area (Å²) in [6.07, 6.45) is 2.30. The predicted molar refractivity (Wildman–Crippen MR) is 108 cm³/mol. The molecule has 4 nitrogen and oxygen atoms in total. The van der Waals surface area contributed by atoms with E-state index in [1.54, 1.807) is 4.90 Å². The number of likely N-dealkylation sites (tertiary alicyclic amines) is 1. The Morgan fingerprint density at radius 2 is 1.75 bits per heavy atom. The maximum Gasteiger partial charge on any atom is 0.258 e. The molecule has 1 aliphatic rings. The average Bonchev–Trinajstić information content (AvgIpc) is 2.68. The van der Waals surface area contributed by atoms with Gasteiger partial charge in [-0.1, -0.05) is 41.4 Å². The van der Waals surface area contributed by atoms with Gasteiger partial charge < -0.3 is 10.2 Å². The van der Waals surface area contributed by atoms with Crippen LogP contribution in [0.4, 0.5) is 4.39 Å². The summed E-state index contributed by atoms with van der Waals surface area (Å²) in [6, 6.07) is 11.7. The first kappa shape index (κ1) is 20.6. The molecule has 2 aromatic rings. The van der Waals surface area contributed by atoms with E-state index in [4.69, 9.17) is 23.2 Å². The molecule has 1 saturated heterocycles. The molecule has 0 aliphatic carbocycles. The molecule has 1 fully saturated rings. The van der Waals surface area contributed by atoms with E-state index in [-0.39, 0.29) is 22.5 Å². The number of nitrogens with zero attached hydrogens (tertiary/aromatic N) is 1. The van der Waals surface area contributed by atoms with E-state index in [1.165, 1.54) is 18.2 Å². The molecule has 1 N–H and O–H groups in total. The Kier molecular flexibility index (Phi) is 6.92. The lowest BCUT2D eigenvalue weighted by atomic mass is 10.0. The molecule has 0 saturated carbocycles. The number of piperidine rings is 1. The fourth-order valence-electron chi connectivity index (χ4n) is 3.30. The second kappa shape index (κ2) is 9.39. The van der Waals surface area contributed by atoms with Gasteiger partial charge in [0.1, 0.15) is 5.82 Å². The standard InChI is InChI=1S/C21H21Cl2FN2O2/c22-15-7-4-14(5-8-15)6-9-19(27)25-16-10-12-26(13-11-16)21(28)20-17(23)2-1-3-18(20)24/h1-5,7-8,16H,6,9-13H2,(H,25,27). The summed E-state index contributed by atoms with van der Waals surface area (Å²) in [5.74, 6) is -1.04. The Balaban J connectivity index is 1.46. The van der Waals surface area contributed by atoms with Crippen LogP contribution in [0.25, 0.3) is 0 Å². The Labute approximate surface area is 173 Å². The van der Waals surface area contributed by atoms with Gasteiger partial charge in [0.2, 0.25) is 5.91 Å². The number of aryl methyl sites for hydroxylation is 1. The van der Waals surface area contributed by atoms with Crippen LogP contribution in [0.1, 0.15) is 35.2 Å². The summed E-state index contributed by atoms with van der Waals surface area (Å²) in [7, 11) is 0. The zero-order chi connectivity index (χ0) is 20.1. The highest BCUT2D eigenvalue weighted by molar-refractivity contribution is 6.33. The Bertz CT molecular complexity index is 830. The lowest BCUT2D eigenvalue weighted by Crippen LogP contribution is -2.46.